The quantitative estimate of drug-likeness (QED) is 0.749. The third-order valence-corrected chi connectivity index (χ3v) is 3.15. The zero-order valence-electron chi connectivity index (χ0n) is 11.3. The zero-order chi connectivity index (χ0) is 13.1. The lowest BCUT2D eigenvalue weighted by molar-refractivity contribution is 0.0975. The van der Waals surface area contributed by atoms with Gasteiger partial charge in [0.2, 0.25) is 0 Å². The van der Waals surface area contributed by atoms with Gasteiger partial charge in [-0.15, -0.1) is 0 Å². The first-order chi connectivity index (χ1) is 8.63. The summed E-state index contributed by atoms with van der Waals surface area (Å²) >= 11 is 0. The van der Waals surface area contributed by atoms with Gasteiger partial charge in [0.05, 0.1) is 19.9 Å². The second kappa shape index (κ2) is 5.52. The van der Waals surface area contributed by atoms with Crippen LogP contribution >= 0.6 is 0 Å². The van der Waals surface area contributed by atoms with Gasteiger partial charge in [0.1, 0.15) is 5.69 Å². The fourth-order valence-electron chi connectivity index (χ4n) is 1.95. The molecule has 5 heteroatoms. The fourth-order valence-corrected chi connectivity index (χ4v) is 1.95. The maximum Gasteiger partial charge on any atom is 0.198 e. The number of methoxy groups -OCH3 is 1. The zero-order valence-corrected chi connectivity index (χ0v) is 11.3. The van der Waals surface area contributed by atoms with Crippen molar-refractivity contribution in [2.75, 3.05) is 20.2 Å². The van der Waals surface area contributed by atoms with E-state index in [-0.39, 0.29) is 11.8 Å². The van der Waals surface area contributed by atoms with Crippen molar-refractivity contribution < 1.29 is 9.53 Å². The molecule has 1 N–H and O–H groups in total. The summed E-state index contributed by atoms with van der Waals surface area (Å²) in [5.74, 6) is 1.37. The maximum absolute atomic E-state index is 12.2. The molecule has 1 heterocycles. The summed E-state index contributed by atoms with van der Waals surface area (Å²) in [7, 11) is 1.57. The molecule has 0 spiro atoms. The van der Waals surface area contributed by atoms with Gasteiger partial charge in [-0.25, -0.2) is 0 Å². The number of rotatable bonds is 7. The van der Waals surface area contributed by atoms with Crippen LogP contribution in [0.2, 0.25) is 0 Å². The Morgan fingerprint density at radius 3 is 2.89 bits per heavy atom. The van der Waals surface area contributed by atoms with Crippen molar-refractivity contribution in [2.24, 2.45) is 5.92 Å². The van der Waals surface area contributed by atoms with Crippen LogP contribution in [0.3, 0.4) is 0 Å². The molecule has 0 aromatic carbocycles. The standard InChI is InChI=1S/C13H21N3O2/c1-9(2)16-13(12(18-3)8-15-16)11(17)7-14-6-10-4-5-10/h8-10,14H,4-7H2,1-3H3. The van der Waals surface area contributed by atoms with E-state index in [0.29, 0.717) is 18.0 Å². The number of nitrogens with one attached hydrogen (secondary N) is 1. The Morgan fingerprint density at radius 1 is 1.61 bits per heavy atom. The van der Waals surface area contributed by atoms with Gasteiger partial charge in [-0.05, 0) is 39.2 Å². The van der Waals surface area contributed by atoms with Gasteiger partial charge < -0.3 is 10.1 Å². The van der Waals surface area contributed by atoms with Gasteiger partial charge in [-0.1, -0.05) is 0 Å². The number of hydrogen-bond donors (Lipinski definition) is 1. The first kappa shape index (κ1) is 13.1. The van der Waals surface area contributed by atoms with Gasteiger partial charge in [0.25, 0.3) is 0 Å². The maximum atomic E-state index is 12.2. The normalized spacial score (nSPS) is 15.1. The Balaban J connectivity index is 2.03. The van der Waals surface area contributed by atoms with Gasteiger partial charge in [0, 0.05) is 6.04 Å². The minimum absolute atomic E-state index is 0.0405. The van der Waals surface area contributed by atoms with Crippen LogP contribution in [0.15, 0.2) is 6.20 Å². The topological polar surface area (TPSA) is 56.2 Å². The molecule has 1 saturated carbocycles. The highest BCUT2D eigenvalue weighted by atomic mass is 16.5. The van der Waals surface area contributed by atoms with Crippen molar-refractivity contribution in [1.82, 2.24) is 15.1 Å². The van der Waals surface area contributed by atoms with E-state index in [1.807, 2.05) is 13.8 Å². The average molecular weight is 251 g/mol. The summed E-state index contributed by atoms with van der Waals surface area (Å²) in [6.45, 7) is 5.29. The third kappa shape index (κ3) is 2.90. The van der Waals surface area contributed by atoms with Crippen LogP contribution in [-0.2, 0) is 0 Å². The van der Waals surface area contributed by atoms with Crippen molar-refractivity contribution >= 4 is 5.78 Å². The van der Waals surface area contributed by atoms with E-state index in [9.17, 15) is 4.79 Å². The monoisotopic (exact) mass is 251 g/mol. The number of hydrogen-bond acceptors (Lipinski definition) is 4. The summed E-state index contributed by atoms with van der Waals surface area (Å²) in [6, 6.07) is 0.149. The highest BCUT2D eigenvalue weighted by molar-refractivity contribution is 5.98. The first-order valence-corrected chi connectivity index (χ1v) is 6.49. The summed E-state index contributed by atoms with van der Waals surface area (Å²) in [5, 5.41) is 7.41. The predicted octanol–water partition coefficient (Wildman–Crippen LogP) is 1.65. The van der Waals surface area contributed by atoms with E-state index in [1.165, 1.54) is 12.8 Å². The molecule has 0 unspecified atom stereocenters. The number of ether oxygens (including phenoxy) is 1. The summed E-state index contributed by atoms with van der Waals surface area (Å²) in [4.78, 5) is 12.2. The summed E-state index contributed by atoms with van der Waals surface area (Å²) in [5.41, 5.74) is 0.566. The van der Waals surface area contributed by atoms with Crippen molar-refractivity contribution in [2.45, 2.75) is 32.7 Å². The van der Waals surface area contributed by atoms with Crippen molar-refractivity contribution in [3.05, 3.63) is 11.9 Å². The lowest BCUT2D eigenvalue weighted by Crippen LogP contribution is -2.27. The molecule has 1 aromatic heterocycles. The molecule has 1 aliphatic carbocycles. The fraction of sp³-hybridized carbons (Fsp3) is 0.692. The molecule has 1 aromatic rings. The van der Waals surface area contributed by atoms with E-state index in [2.05, 4.69) is 10.4 Å². The molecule has 2 rings (SSSR count). The Hall–Kier alpha value is -1.36. The Bertz CT molecular complexity index is 422. The van der Waals surface area contributed by atoms with Crippen LogP contribution in [0.1, 0.15) is 43.2 Å². The van der Waals surface area contributed by atoms with E-state index >= 15 is 0 Å². The molecule has 0 saturated heterocycles. The largest absolute Gasteiger partial charge is 0.493 e. The molecule has 0 amide bonds. The predicted molar refractivity (Wildman–Crippen MR) is 69.1 cm³/mol. The van der Waals surface area contributed by atoms with Crippen LogP contribution in [-0.4, -0.2) is 35.8 Å². The van der Waals surface area contributed by atoms with Gasteiger partial charge >= 0.3 is 0 Å². The van der Waals surface area contributed by atoms with Crippen LogP contribution in [0, 0.1) is 5.92 Å². The number of aromatic nitrogens is 2. The second-order valence-electron chi connectivity index (χ2n) is 5.10. The molecule has 0 bridgehead atoms. The van der Waals surface area contributed by atoms with Crippen LogP contribution in [0.4, 0.5) is 0 Å². The van der Waals surface area contributed by atoms with Crippen LogP contribution in [0.5, 0.6) is 5.75 Å². The highest BCUT2D eigenvalue weighted by Crippen LogP contribution is 2.27. The molecule has 0 atom stereocenters. The van der Waals surface area contributed by atoms with Gasteiger partial charge in [-0.2, -0.15) is 5.10 Å². The van der Waals surface area contributed by atoms with Gasteiger partial charge in [0.15, 0.2) is 11.5 Å². The minimum atomic E-state index is 0.0405. The van der Waals surface area contributed by atoms with Crippen molar-refractivity contribution in [1.29, 1.82) is 0 Å². The molecule has 5 nitrogen and oxygen atoms in total. The lowest BCUT2D eigenvalue weighted by atomic mass is 10.2. The second-order valence-corrected chi connectivity index (χ2v) is 5.10. The SMILES string of the molecule is COc1cnn(C(C)C)c1C(=O)CNCC1CC1. The number of carbonyl (C=O) groups excluding carboxylic acids is 1. The van der Waals surface area contributed by atoms with Crippen LogP contribution < -0.4 is 10.1 Å². The van der Waals surface area contributed by atoms with E-state index in [1.54, 1.807) is 18.0 Å². The lowest BCUT2D eigenvalue weighted by Gasteiger charge is -2.11. The number of ketones is 1. The molecule has 100 valence electrons. The first-order valence-electron chi connectivity index (χ1n) is 6.49. The smallest absolute Gasteiger partial charge is 0.198 e. The van der Waals surface area contributed by atoms with E-state index < -0.39 is 0 Å². The van der Waals surface area contributed by atoms with E-state index in [4.69, 9.17) is 4.74 Å². The molecule has 0 aliphatic heterocycles. The Labute approximate surface area is 108 Å². The molecule has 1 fully saturated rings. The van der Waals surface area contributed by atoms with Gasteiger partial charge in [-0.3, -0.25) is 9.48 Å². The van der Waals surface area contributed by atoms with Crippen LogP contribution in [0.25, 0.3) is 0 Å². The number of Topliss-reactive ketones (excluding diaryl/α,β-unsaturated/α-hetero) is 1. The molecular formula is C13H21N3O2. The third-order valence-electron chi connectivity index (χ3n) is 3.15. The summed E-state index contributed by atoms with van der Waals surface area (Å²) in [6.07, 6.45) is 4.18. The molecule has 18 heavy (non-hydrogen) atoms. The number of carbonyl (C=O) groups is 1. The minimum Gasteiger partial charge on any atom is -0.493 e. The van der Waals surface area contributed by atoms with Crippen molar-refractivity contribution in [3.63, 3.8) is 0 Å². The van der Waals surface area contributed by atoms with E-state index in [0.717, 1.165) is 12.5 Å². The van der Waals surface area contributed by atoms with Crippen molar-refractivity contribution in [3.8, 4) is 5.75 Å². The highest BCUT2D eigenvalue weighted by Gasteiger charge is 2.23. The summed E-state index contributed by atoms with van der Waals surface area (Å²) < 4.78 is 6.93. The average Bonchev–Trinajstić information content (AvgIpc) is 3.05. The molecule has 0 radical (unpaired) electrons. The molecule has 1 aliphatic rings. The molecular weight excluding hydrogens is 230 g/mol. The Morgan fingerprint density at radius 2 is 2.33 bits per heavy atom. The number of nitrogens with zero attached hydrogens (tertiary/aromatic N) is 2. The Kier molecular flexibility index (Phi) is 4.01.